The minimum Gasteiger partial charge on any atom is -0.398 e. The van der Waals surface area contributed by atoms with E-state index in [1.54, 1.807) is 6.07 Å². The Hall–Kier alpha value is -3.39. The third-order valence-electron chi connectivity index (χ3n) is 3.64. The van der Waals surface area contributed by atoms with Gasteiger partial charge in [0.2, 0.25) is 0 Å². The summed E-state index contributed by atoms with van der Waals surface area (Å²) in [5.74, 6) is 0.262. The maximum absolute atomic E-state index is 12.6. The van der Waals surface area contributed by atoms with Crippen LogP contribution in [0.25, 0.3) is 17.1 Å². The molecule has 0 amide bonds. The van der Waals surface area contributed by atoms with E-state index in [-0.39, 0.29) is 11.4 Å². The van der Waals surface area contributed by atoms with Crippen LogP contribution in [-0.2, 0) is 9.84 Å². The highest BCUT2D eigenvalue weighted by Gasteiger charge is 2.46. The van der Waals surface area contributed by atoms with Crippen LogP contribution in [-0.4, -0.2) is 28.7 Å². The number of aromatic nitrogens is 3. The summed E-state index contributed by atoms with van der Waals surface area (Å²) in [5.41, 5.74) is 1.68. The fourth-order valence-corrected chi connectivity index (χ4v) is 2.99. The number of alkyl halides is 3. The number of nitrogen functional groups attached to an aromatic ring is 1. The van der Waals surface area contributed by atoms with Gasteiger partial charge in [0.1, 0.15) is 12.4 Å². The Labute approximate surface area is 151 Å². The van der Waals surface area contributed by atoms with Gasteiger partial charge >= 0.3 is 5.51 Å². The first-order chi connectivity index (χ1) is 12.6. The second-order valence-electron chi connectivity index (χ2n) is 5.37. The van der Waals surface area contributed by atoms with Gasteiger partial charge in [0, 0.05) is 11.3 Å². The van der Waals surface area contributed by atoms with Gasteiger partial charge in [-0.05, 0) is 42.5 Å². The maximum atomic E-state index is 12.6. The molecule has 138 valence electrons. The average Bonchev–Trinajstić information content (AvgIpc) is 3.11. The fourth-order valence-electron chi connectivity index (χ4n) is 2.22. The van der Waals surface area contributed by atoms with Gasteiger partial charge in [-0.15, -0.1) is 5.10 Å². The first kappa shape index (κ1) is 18.4. The van der Waals surface area contributed by atoms with E-state index >= 15 is 0 Å². The molecule has 3 aromatic rings. The molecular formula is C16H10F3N5O2S. The SMILES string of the molecule is N#Cc1cc(-c2ncn(-c3ccc(S(=O)(=O)C(F)(F)F)cc3)n2)ccc1N. The molecule has 11 heteroatoms. The van der Waals surface area contributed by atoms with Crippen molar-refractivity contribution < 1.29 is 21.6 Å². The second-order valence-corrected chi connectivity index (χ2v) is 7.31. The third-order valence-corrected chi connectivity index (χ3v) is 5.14. The molecular weight excluding hydrogens is 383 g/mol. The molecule has 0 bridgehead atoms. The van der Waals surface area contributed by atoms with Crippen molar-refractivity contribution in [2.24, 2.45) is 0 Å². The Kier molecular flexibility index (Phi) is 4.36. The molecule has 0 unspecified atom stereocenters. The molecule has 0 saturated carbocycles. The quantitative estimate of drug-likeness (QED) is 0.684. The van der Waals surface area contributed by atoms with E-state index in [0.29, 0.717) is 16.9 Å². The first-order valence-corrected chi connectivity index (χ1v) is 8.75. The second kappa shape index (κ2) is 6.40. The summed E-state index contributed by atoms with van der Waals surface area (Å²) in [4.78, 5) is 3.22. The summed E-state index contributed by atoms with van der Waals surface area (Å²) >= 11 is 0. The molecule has 0 radical (unpaired) electrons. The standard InChI is InChI=1S/C16H10F3N5O2S/c17-16(18,19)27(25,26)13-4-2-12(3-5-13)24-9-22-15(23-24)10-1-6-14(21)11(7-10)8-20/h1-7,9H,21H2. The Morgan fingerprint density at radius 1 is 1.11 bits per heavy atom. The Bertz CT molecular complexity index is 1150. The maximum Gasteiger partial charge on any atom is 0.501 e. The van der Waals surface area contributed by atoms with Crippen molar-refractivity contribution in [3.63, 3.8) is 0 Å². The van der Waals surface area contributed by atoms with E-state index in [9.17, 15) is 21.6 Å². The number of anilines is 1. The number of nitrogens with zero attached hydrogens (tertiary/aromatic N) is 4. The van der Waals surface area contributed by atoms with Crippen LogP contribution >= 0.6 is 0 Å². The van der Waals surface area contributed by atoms with Gasteiger partial charge in [0.05, 0.1) is 16.1 Å². The van der Waals surface area contributed by atoms with Crippen LogP contribution in [0.5, 0.6) is 0 Å². The zero-order chi connectivity index (χ0) is 19.8. The fraction of sp³-hybridized carbons (Fsp3) is 0.0625. The lowest BCUT2D eigenvalue weighted by molar-refractivity contribution is -0.0436. The van der Waals surface area contributed by atoms with Crippen LogP contribution in [0.4, 0.5) is 18.9 Å². The summed E-state index contributed by atoms with van der Waals surface area (Å²) in [5, 5.41) is 13.2. The molecule has 2 N–H and O–H groups in total. The average molecular weight is 393 g/mol. The van der Waals surface area contributed by atoms with Gasteiger partial charge in [-0.25, -0.2) is 18.1 Å². The van der Waals surface area contributed by atoms with Gasteiger partial charge in [0.15, 0.2) is 5.82 Å². The topological polar surface area (TPSA) is 115 Å². The molecule has 2 aromatic carbocycles. The smallest absolute Gasteiger partial charge is 0.398 e. The molecule has 0 aliphatic heterocycles. The Balaban J connectivity index is 1.93. The van der Waals surface area contributed by atoms with Gasteiger partial charge < -0.3 is 5.73 Å². The predicted octanol–water partition coefficient (Wildman–Crippen LogP) is 2.68. The molecule has 0 aliphatic carbocycles. The molecule has 0 aliphatic rings. The minimum absolute atomic E-state index is 0.255. The Morgan fingerprint density at radius 2 is 1.78 bits per heavy atom. The van der Waals surface area contributed by atoms with Crippen LogP contribution in [0.2, 0.25) is 0 Å². The summed E-state index contributed by atoms with van der Waals surface area (Å²) < 4.78 is 61.8. The molecule has 0 fully saturated rings. The zero-order valence-corrected chi connectivity index (χ0v) is 14.2. The summed E-state index contributed by atoms with van der Waals surface area (Å²) in [6.07, 6.45) is 1.31. The van der Waals surface area contributed by atoms with E-state index in [4.69, 9.17) is 11.0 Å². The predicted molar refractivity (Wildman–Crippen MR) is 89.2 cm³/mol. The van der Waals surface area contributed by atoms with Crippen molar-refractivity contribution in [2.45, 2.75) is 10.4 Å². The van der Waals surface area contributed by atoms with Gasteiger partial charge in [-0.2, -0.15) is 18.4 Å². The number of hydrogen-bond donors (Lipinski definition) is 1. The van der Waals surface area contributed by atoms with E-state index in [1.165, 1.54) is 35.3 Å². The largest absolute Gasteiger partial charge is 0.501 e. The number of rotatable bonds is 3. The van der Waals surface area contributed by atoms with E-state index < -0.39 is 20.2 Å². The summed E-state index contributed by atoms with van der Waals surface area (Å²) in [6, 6.07) is 10.7. The highest BCUT2D eigenvalue weighted by Crippen LogP contribution is 2.30. The van der Waals surface area contributed by atoms with Gasteiger partial charge in [-0.1, -0.05) is 0 Å². The lowest BCUT2D eigenvalue weighted by atomic mass is 10.1. The van der Waals surface area contributed by atoms with E-state index in [0.717, 1.165) is 12.1 Å². The lowest BCUT2D eigenvalue weighted by Gasteiger charge is -2.08. The minimum atomic E-state index is -5.41. The molecule has 0 atom stereocenters. The molecule has 0 saturated heterocycles. The molecule has 1 heterocycles. The van der Waals surface area contributed by atoms with Gasteiger partial charge in [0.25, 0.3) is 9.84 Å². The van der Waals surface area contributed by atoms with Crippen molar-refractivity contribution in [3.8, 4) is 23.1 Å². The number of hydrogen-bond acceptors (Lipinski definition) is 6. The number of nitrogens with two attached hydrogens (primary N) is 1. The Morgan fingerprint density at radius 3 is 2.37 bits per heavy atom. The van der Waals surface area contributed by atoms with Crippen LogP contribution < -0.4 is 5.73 Å². The normalized spacial score (nSPS) is 11.9. The highest BCUT2D eigenvalue weighted by molar-refractivity contribution is 7.92. The molecule has 0 spiro atoms. The van der Waals surface area contributed by atoms with Crippen molar-refractivity contribution in [2.75, 3.05) is 5.73 Å². The zero-order valence-electron chi connectivity index (χ0n) is 13.3. The van der Waals surface area contributed by atoms with Crippen LogP contribution in [0.1, 0.15) is 5.56 Å². The molecule has 7 nitrogen and oxygen atoms in total. The first-order valence-electron chi connectivity index (χ1n) is 7.27. The summed E-state index contributed by atoms with van der Waals surface area (Å²) in [7, 11) is -5.41. The lowest BCUT2D eigenvalue weighted by Crippen LogP contribution is -2.23. The van der Waals surface area contributed by atoms with Crippen LogP contribution in [0.3, 0.4) is 0 Å². The summed E-state index contributed by atoms with van der Waals surface area (Å²) in [6.45, 7) is 0. The monoisotopic (exact) mass is 393 g/mol. The number of nitriles is 1. The highest BCUT2D eigenvalue weighted by atomic mass is 32.2. The van der Waals surface area contributed by atoms with E-state index in [1.807, 2.05) is 6.07 Å². The third kappa shape index (κ3) is 3.34. The molecule has 3 rings (SSSR count). The van der Waals surface area contributed by atoms with Gasteiger partial charge in [-0.3, -0.25) is 0 Å². The van der Waals surface area contributed by atoms with Crippen LogP contribution in [0.15, 0.2) is 53.7 Å². The van der Waals surface area contributed by atoms with Crippen molar-refractivity contribution in [3.05, 3.63) is 54.4 Å². The number of sulfone groups is 1. The van der Waals surface area contributed by atoms with E-state index in [2.05, 4.69) is 10.1 Å². The van der Waals surface area contributed by atoms with Crippen molar-refractivity contribution >= 4 is 15.5 Å². The van der Waals surface area contributed by atoms with Crippen LogP contribution in [0, 0.1) is 11.3 Å². The number of halogens is 3. The number of benzene rings is 2. The molecule has 1 aromatic heterocycles. The molecule has 27 heavy (non-hydrogen) atoms. The van der Waals surface area contributed by atoms with Crippen molar-refractivity contribution in [1.82, 2.24) is 14.8 Å². The van der Waals surface area contributed by atoms with Crippen molar-refractivity contribution in [1.29, 1.82) is 5.26 Å².